The third-order valence-corrected chi connectivity index (χ3v) is 3.07. The van der Waals surface area contributed by atoms with Crippen molar-refractivity contribution in [3.8, 4) is 0 Å². The molecule has 8 heteroatoms. The predicted octanol–water partition coefficient (Wildman–Crippen LogP) is -0.886. The molecule has 0 aromatic heterocycles. The van der Waals surface area contributed by atoms with Gasteiger partial charge in [0.15, 0.2) is 11.9 Å². The number of carbonyl (C=O) groups is 3. The zero-order valence-corrected chi connectivity index (χ0v) is 10.7. The zero-order chi connectivity index (χ0) is 15.3. The average Bonchev–Trinajstić information content (AvgIpc) is 2.69. The van der Waals surface area contributed by atoms with Gasteiger partial charge in [0.2, 0.25) is 5.76 Å². The van der Waals surface area contributed by atoms with Crippen LogP contribution in [0.4, 0.5) is 0 Å². The van der Waals surface area contributed by atoms with Crippen molar-refractivity contribution in [1.82, 2.24) is 0 Å². The van der Waals surface area contributed by atoms with Gasteiger partial charge in [0.05, 0.1) is 12.6 Å². The fourth-order valence-electron chi connectivity index (χ4n) is 1.87. The SMILES string of the molecule is NC(CCC=O)C(=O)CC(CO)[C@H]1OC(=O)C(O)=C1O. The van der Waals surface area contributed by atoms with E-state index in [4.69, 9.17) is 10.8 Å². The van der Waals surface area contributed by atoms with Crippen LogP contribution in [-0.4, -0.2) is 52.1 Å². The van der Waals surface area contributed by atoms with Crippen LogP contribution in [0.5, 0.6) is 0 Å². The van der Waals surface area contributed by atoms with Crippen molar-refractivity contribution in [3.05, 3.63) is 11.5 Å². The molecule has 3 atom stereocenters. The van der Waals surface area contributed by atoms with Gasteiger partial charge in [0, 0.05) is 18.8 Å². The Morgan fingerprint density at radius 1 is 1.45 bits per heavy atom. The molecular weight excluding hydrogens is 270 g/mol. The predicted molar refractivity (Wildman–Crippen MR) is 65.6 cm³/mol. The Balaban J connectivity index is 2.67. The molecule has 1 aliphatic rings. The van der Waals surface area contributed by atoms with Gasteiger partial charge in [-0.05, 0) is 6.42 Å². The first-order valence-electron chi connectivity index (χ1n) is 6.08. The first kappa shape index (κ1) is 16.1. The molecule has 0 bridgehead atoms. The second-order valence-corrected chi connectivity index (χ2v) is 4.52. The fraction of sp³-hybridized carbons (Fsp3) is 0.583. The van der Waals surface area contributed by atoms with E-state index in [1.807, 2.05) is 0 Å². The van der Waals surface area contributed by atoms with Crippen LogP contribution in [-0.2, 0) is 19.1 Å². The summed E-state index contributed by atoms with van der Waals surface area (Å²) in [5.74, 6) is -4.07. The van der Waals surface area contributed by atoms with Crippen molar-refractivity contribution >= 4 is 18.0 Å². The van der Waals surface area contributed by atoms with Gasteiger partial charge in [-0.15, -0.1) is 0 Å². The summed E-state index contributed by atoms with van der Waals surface area (Å²) >= 11 is 0. The highest BCUT2D eigenvalue weighted by atomic mass is 16.6. The first-order valence-corrected chi connectivity index (χ1v) is 6.08. The number of cyclic esters (lactones) is 1. The van der Waals surface area contributed by atoms with Crippen molar-refractivity contribution in [2.24, 2.45) is 11.7 Å². The van der Waals surface area contributed by atoms with E-state index in [0.29, 0.717) is 6.29 Å². The van der Waals surface area contributed by atoms with Gasteiger partial charge in [-0.1, -0.05) is 0 Å². The largest absolute Gasteiger partial charge is 0.505 e. The standard InChI is InChI=1S/C12H17NO7/c13-7(2-1-3-14)8(16)4-6(5-15)11-9(17)10(18)12(19)20-11/h3,6-7,11,15,17-18H,1-2,4-5,13H2/t6?,7?,11-/m1/s1. The minimum Gasteiger partial charge on any atom is -0.505 e. The summed E-state index contributed by atoms with van der Waals surface area (Å²) in [5.41, 5.74) is 5.57. The summed E-state index contributed by atoms with van der Waals surface area (Å²) < 4.78 is 4.68. The van der Waals surface area contributed by atoms with Crippen LogP contribution in [0.1, 0.15) is 19.3 Å². The number of aldehydes is 1. The summed E-state index contributed by atoms with van der Waals surface area (Å²) in [4.78, 5) is 33.1. The Morgan fingerprint density at radius 3 is 2.55 bits per heavy atom. The maximum atomic E-state index is 11.8. The number of aliphatic hydroxyl groups excluding tert-OH is 3. The van der Waals surface area contributed by atoms with Crippen molar-refractivity contribution in [3.63, 3.8) is 0 Å². The van der Waals surface area contributed by atoms with Gasteiger partial charge in [-0.3, -0.25) is 4.79 Å². The summed E-state index contributed by atoms with van der Waals surface area (Å²) in [7, 11) is 0. The Bertz CT molecular complexity index is 432. The Labute approximate surface area is 114 Å². The lowest BCUT2D eigenvalue weighted by molar-refractivity contribution is -0.146. The number of esters is 1. The Morgan fingerprint density at radius 2 is 2.10 bits per heavy atom. The minimum absolute atomic E-state index is 0.140. The number of rotatable bonds is 8. The molecule has 20 heavy (non-hydrogen) atoms. The highest BCUT2D eigenvalue weighted by Crippen LogP contribution is 2.27. The number of ketones is 1. The van der Waals surface area contributed by atoms with Gasteiger partial charge in [-0.25, -0.2) is 4.79 Å². The normalized spacial score (nSPS) is 21.5. The van der Waals surface area contributed by atoms with Gasteiger partial charge in [0.25, 0.3) is 0 Å². The molecule has 1 heterocycles. The second kappa shape index (κ2) is 7.01. The molecule has 1 rings (SSSR count). The zero-order valence-electron chi connectivity index (χ0n) is 10.7. The smallest absolute Gasteiger partial charge is 0.377 e. The summed E-state index contributed by atoms with van der Waals surface area (Å²) in [6, 6.07) is -0.869. The highest BCUT2D eigenvalue weighted by Gasteiger charge is 2.40. The van der Waals surface area contributed by atoms with Crippen LogP contribution >= 0.6 is 0 Å². The third kappa shape index (κ3) is 3.55. The molecule has 0 aromatic rings. The average molecular weight is 287 g/mol. The van der Waals surface area contributed by atoms with Gasteiger partial charge >= 0.3 is 5.97 Å². The number of carbonyl (C=O) groups excluding carboxylic acids is 3. The maximum Gasteiger partial charge on any atom is 0.377 e. The second-order valence-electron chi connectivity index (χ2n) is 4.52. The van der Waals surface area contributed by atoms with E-state index in [2.05, 4.69) is 4.74 Å². The molecule has 0 saturated carbocycles. The molecular formula is C12H17NO7. The summed E-state index contributed by atoms with van der Waals surface area (Å²) in [6.45, 7) is -0.540. The van der Waals surface area contributed by atoms with E-state index in [9.17, 15) is 24.6 Å². The molecule has 0 aliphatic carbocycles. The molecule has 1 aliphatic heterocycles. The molecule has 5 N–H and O–H groups in total. The number of aliphatic hydroxyl groups is 3. The monoisotopic (exact) mass is 287 g/mol. The molecule has 0 saturated heterocycles. The van der Waals surface area contributed by atoms with Crippen molar-refractivity contribution in [2.75, 3.05) is 6.61 Å². The third-order valence-electron chi connectivity index (χ3n) is 3.07. The van der Waals surface area contributed by atoms with Crippen LogP contribution in [0, 0.1) is 5.92 Å². The van der Waals surface area contributed by atoms with Crippen LogP contribution < -0.4 is 5.73 Å². The highest BCUT2D eigenvalue weighted by molar-refractivity contribution is 5.89. The first-order chi connectivity index (χ1) is 9.42. The van der Waals surface area contributed by atoms with Gasteiger partial charge in [-0.2, -0.15) is 0 Å². The van der Waals surface area contributed by atoms with Gasteiger partial charge in [0.1, 0.15) is 12.1 Å². The van der Waals surface area contributed by atoms with E-state index in [-0.39, 0.29) is 19.3 Å². The minimum atomic E-state index is -1.27. The van der Waals surface area contributed by atoms with Crippen molar-refractivity contribution in [1.29, 1.82) is 0 Å². The number of ether oxygens (including phenoxy) is 1. The lowest BCUT2D eigenvalue weighted by Gasteiger charge is -2.21. The maximum absolute atomic E-state index is 11.8. The summed E-state index contributed by atoms with van der Waals surface area (Å²) in [5, 5.41) is 27.9. The van der Waals surface area contributed by atoms with Crippen LogP contribution in [0.15, 0.2) is 11.5 Å². The van der Waals surface area contributed by atoms with E-state index in [0.717, 1.165) is 0 Å². The number of nitrogens with two attached hydrogens (primary N) is 1. The van der Waals surface area contributed by atoms with Crippen LogP contribution in [0.25, 0.3) is 0 Å². The lowest BCUT2D eigenvalue weighted by atomic mass is 9.92. The molecule has 0 aromatic carbocycles. The quantitative estimate of drug-likeness (QED) is 0.332. The molecule has 0 fully saturated rings. The Kier molecular flexibility index (Phi) is 5.66. The van der Waals surface area contributed by atoms with E-state index < -0.39 is 47.9 Å². The Hall–Kier alpha value is -1.93. The van der Waals surface area contributed by atoms with Crippen LogP contribution in [0.3, 0.4) is 0 Å². The van der Waals surface area contributed by atoms with Gasteiger partial charge < -0.3 is 30.6 Å². The van der Waals surface area contributed by atoms with E-state index >= 15 is 0 Å². The molecule has 0 amide bonds. The van der Waals surface area contributed by atoms with E-state index in [1.165, 1.54) is 0 Å². The molecule has 0 spiro atoms. The lowest BCUT2D eigenvalue weighted by Crippen LogP contribution is -2.36. The number of hydrogen-bond acceptors (Lipinski definition) is 8. The number of hydrogen-bond donors (Lipinski definition) is 4. The van der Waals surface area contributed by atoms with E-state index in [1.54, 1.807) is 0 Å². The molecule has 2 unspecified atom stereocenters. The molecule has 0 radical (unpaired) electrons. The summed E-state index contributed by atoms with van der Waals surface area (Å²) in [6.07, 6.45) is -0.554. The van der Waals surface area contributed by atoms with Crippen LogP contribution in [0.2, 0.25) is 0 Å². The van der Waals surface area contributed by atoms with Crippen molar-refractivity contribution < 1.29 is 34.4 Å². The topological polar surface area (TPSA) is 147 Å². The molecule has 8 nitrogen and oxygen atoms in total. The molecule has 112 valence electrons. The number of Topliss-reactive ketones (excluding diaryl/α,β-unsaturated/α-hetero) is 1. The van der Waals surface area contributed by atoms with Crippen molar-refractivity contribution in [2.45, 2.75) is 31.4 Å². The fourth-order valence-corrected chi connectivity index (χ4v) is 1.87.